The molecule has 1 aliphatic rings. The number of ether oxygens (including phenoxy) is 1. The first-order valence-electron chi connectivity index (χ1n) is 10.7. The number of rotatable bonds is 4. The summed E-state index contributed by atoms with van der Waals surface area (Å²) in [5.74, 6) is 0.587. The molecular weight excluding hydrogens is 395 g/mol. The van der Waals surface area contributed by atoms with E-state index in [0.717, 1.165) is 41.9 Å². The lowest BCUT2D eigenvalue weighted by atomic mass is 10.1. The van der Waals surface area contributed by atoms with Gasteiger partial charge in [0.1, 0.15) is 11.4 Å². The topological polar surface area (TPSA) is 59.4 Å². The molecule has 0 aliphatic carbocycles. The molecule has 0 spiro atoms. The SMILES string of the molecule is CC(C)(C)OC(=O)N[C@H]1CCCN(c2nc3ccccc3n2Cc2cccc(F)c2)C1. The van der Waals surface area contributed by atoms with Crippen LogP contribution in [0.5, 0.6) is 0 Å². The summed E-state index contributed by atoms with van der Waals surface area (Å²) >= 11 is 0. The number of nitrogens with one attached hydrogen (secondary N) is 1. The van der Waals surface area contributed by atoms with Gasteiger partial charge >= 0.3 is 6.09 Å². The standard InChI is InChI=1S/C24H29FN4O2/c1-24(2,3)31-23(30)26-19-10-7-13-28(16-19)22-27-20-11-4-5-12-21(20)29(22)15-17-8-6-9-18(25)14-17/h4-6,8-9,11-12,14,19H,7,10,13,15-16H2,1-3H3,(H,26,30)/t19-/m0/s1. The minimum absolute atomic E-state index is 0.0222. The normalized spacial score (nSPS) is 17.0. The molecule has 164 valence electrons. The Kier molecular flexibility index (Phi) is 5.85. The van der Waals surface area contributed by atoms with E-state index in [1.54, 1.807) is 12.1 Å². The van der Waals surface area contributed by atoms with Crippen molar-refractivity contribution >= 4 is 23.1 Å². The highest BCUT2D eigenvalue weighted by Crippen LogP contribution is 2.26. The van der Waals surface area contributed by atoms with Crippen LogP contribution >= 0.6 is 0 Å². The van der Waals surface area contributed by atoms with Crippen LogP contribution in [0.3, 0.4) is 0 Å². The van der Waals surface area contributed by atoms with Crippen molar-refractivity contribution in [2.24, 2.45) is 0 Å². The first-order chi connectivity index (χ1) is 14.8. The third kappa shape index (κ3) is 5.16. The Morgan fingerprint density at radius 3 is 2.81 bits per heavy atom. The number of amides is 1. The van der Waals surface area contributed by atoms with Crippen molar-refractivity contribution in [1.29, 1.82) is 0 Å². The van der Waals surface area contributed by atoms with E-state index in [0.29, 0.717) is 13.1 Å². The Morgan fingerprint density at radius 1 is 1.23 bits per heavy atom. The Morgan fingerprint density at radius 2 is 2.03 bits per heavy atom. The highest BCUT2D eigenvalue weighted by Gasteiger charge is 2.27. The molecule has 1 fully saturated rings. The fraction of sp³-hybridized carbons (Fsp3) is 0.417. The largest absolute Gasteiger partial charge is 0.444 e. The van der Waals surface area contributed by atoms with Gasteiger partial charge in [0, 0.05) is 19.1 Å². The summed E-state index contributed by atoms with van der Waals surface area (Å²) in [6, 6.07) is 14.6. The van der Waals surface area contributed by atoms with Crippen molar-refractivity contribution in [3.63, 3.8) is 0 Å². The average Bonchev–Trinajstić information content (AvgIpc) is 3.05. The number of piperidine rings is 1. The molecule has 1 aliphatic heterocycles. The summed E-state index contributed by atoms with van der Waals surface area (Å²) in [6.07, 6.45) is 1.43. The highest BCUT2D eigenvalue weighted by atomic mass is 19.1. The van der Waals surface area contributed by atoms with Gasteiger partial charge in [-0.1, -0.05) is 24.3 Å². The van der Waals surface area contributed by atoms with E-state index in [9.17, 15) is 9.18 Å². The van der Waals surface area contributed by atoms with Gasteiger partial charge in [-0.15, -0.1) is 0 Å². The molecule has 1 aromatic heterocycles. The molecule has 2 aromatic carbocycles. The van der Waals surface area contributed by atoms with Gasteiger partial charge in [0.05, 0.1) is 17.6 Å². The quantitative estimate of drug-likeness (QED) is 0.659. The molecule has 7 heteroatoms. The van der Waals surface area contributed by atoms with E-state index < -0.39 is 11.7 Å². The summed E-state index contributed by atoms with van der Waals surface area (Å²) in [5, 5.41) is 3.00. The van der Waals surface area contributed by atoms with Crippen LogP contribution in [0, 0.1) is 5.82 Å². The maximum Gasteiger partial charge on any atom is 0.407 e. The summed E-state index contributed by atoms with van der Waals surface area (Å²) < 4.78 is 21.3. The van der Waals surface area contributed by atoms with Gasteiger partial charge in [-0.25, -0.2) is 14.2 Å². The van der Waals surface area contributed by atoms with Crippen LogP contribution in [0.15, 0.2) is 48.5 Å². The second kappa shape index (κ2) is 8.57. The number of para-hydroxylation sites is 2. The lowest BCUT2D eigenvalue weighted by Crippen LogP contribution is -2.49. The predicted molar refractivity (Wildman–Crippen MR) is 120 cm³/mol. The Bertz CT molecular complexity index is 1070. The number of carbonyl (C=O) groups excluding carboxylic acids is 1. The first kappa shape index (κ1) is 21.2. The van der Waals surface area contributed by atoms with E-state index in [-0.39, 0.29) is 11.9 Å². The Balaban J connectivity index is 1.59. The molecule has 1 saturated heterocycles. The van der Waals surface area contributed by atoms with Crippen molar-refractivity contribution in [3.8, 4) is 0 Å². The zero-order valence-corrected chi connectivity index (χ0v) is 18.3. The van der Waals surface area contributed by atoms with Crippen molar-refractivity contribution < 1.29 is 13.9 Å². The number of benzene rings is 2. The van der Waals surface area contributed by atoms with Crippen molar-refractivity contribution in [1.82, 2.24) is 14.9 Å². The number of aromatic nitrogens is 2. The lowest BCUT2D eigenvalue weighted by Gasteiger charge is -2.34. The van der Waals surface area contributed by atoms with Gasteiger partial charge in [-0.05, 0) is 63.4 Å². The number of nitrogens with zero attached hydrogens (tertiary/aromatic N) is 3. The van der Waals surface area contributed by atoms with Gasteiger partial charge in [0.2, 0.25) is 5.95 Å². The van der Waals surface area contributed by atoms with Crippen molar-refractivity contribution in [2.75, 3.05) is 18.0 Å². The summed E-state index contributed by atoms with van der Waals surface area (Å²) in [5.41, 5.74) is 2.25. The molecule has 1 amide bonds. The van der Waals surface area contributed by atoms with Gasteiger partial charge in [0.15, 0.2) is 0 Å². The second-order valence-corrected chi connectivity index (χ2v) is 9.05. The molecule has 2 heterocycles. The number of imidazole rings is 1. The summed E-state index contributed by atoms with van der Waals surface area (Å²) in [4.78, 5) is 19.3. The molecule has 0 unspecified atom stereocenters. The lowest BCUT2D eigenvalue weighted by molar-refractivity contribution is 0.0500. The van der Waals surface area contributed by atoms with E-state index >= 15 is 0 Å². The van der Waals surface area contributed by atoms with Crippen LogP contribution in [0.1, 0.15) is 39.2 Å². The van der Waals surface area contributed by atoms with Gasteiger partial charge < -0.3 is 19.5 Å². The van der Waals surface area contributed by atoms with Gasteiger partial charge in [-0.2, -0.15) is 0 Å². The number of halogens is 1. The molecule has 1 atom stereocenters. The summed E-state index contributed by atoms with van der Waals surface area (Å²) in [7, 11) is 0. The van der Waals surface area contributed by atoms with Crippen LogP contribution in [-0.4, -0.2) is 40.4 Å². The number of hydrogen-bond acceptors (Lipinski definition) is 4. The highest BCUT2D eigenvalue weighted by molar-refractivity contribution is 5.79. The number of hydrogen-bond donors (Lipinski definition) is 1. The van der Waals surface area contributed by atoms with Crippen molar-refractivity contribution in [3.05, 3.63) is 59.9 Å². The monoisotopic (exact) mass is 424 g/mol. The first-order valence-corrected chi connectivity index (χ1v) is 10.7. The number of fused-ring (bicyclic) bond motifs is 1. The fourth-order valence-corrected chi connectivity index (χ4v) is 4.03. The maximum absolute atomic E-state index is 13.8. The Labute approximate surface area is 182 Å². The van der Waals surface area contributed by atoms with Gasteiger partial charge in [-0.3, -0.25) is 0 Å². The zero-order chi connectivity index (χ0) is 22.0. The van der Waals surface area contributed by atoms with Gasteiger partial charge in [0.25, 0.3) is 0 Å². The molecule has 6 nitrogen and oxygen atoms in total. The zero-order valence-electron chi connectivity index (χ0n) is 18.3. The van der Waals surface area contributed by atoms with Crippen molar-refractivity contribution in [2.45, 2.75) is 51.8 Å². The second-order valence-electron chi connectivity index (χ2n) is 9.05. The molecule has 31 heavy (non-hydrogen) atoms. The summed E-state index contributed by atoms with van der Waals surface area (Å²) in [6.45, 7) is 7.58. The van der Waals surface area contributed by atoms with Crippen LogP contribution in [-0.2, 0) is 11.3 Å². The number of alkyl carbamates (subject to hydrolysis) is 1. The number of carbonyl (C=O) groups is 1. The van der Waals surface area contributed by atoms with E-state index in [4.69, 9.17) is 9.72 Å². The Hall–Kier alpha value is -3.09. The molecule has 4 rings (SSSR count). The van der Waals surface area contributed by atoms with E-state index in [1.807, 2.05) is 51.1 Å². The third-order valence-corrected chi connectivity index (χ3v) is 5.29. The minimum atomic E-state index is -0.530. The van der Waals surface area contributed by atoms with Crippen LogP contribution < -0.4 is 10.2 Å². The molecule has 0 saturated carbocycles. The molecular formula is C24H29FN4O2. The molecule has 3 aromatic rings. The molecule has 0 radical (unpaired) electrons. The maximum atomic E-state index is 13.8. The smallest absolute Gasteiger partial charge is 0.407 e. The van der Waals surface area contributed by atoms with Crippen LogP contribution in [0.4, 0.5) is 15.1 Å². The molecule has 1 N–H and O–H groups in total. The predicted octanol–water partition coefficient (Wildman–Crippen LogP) is 4.72. The van der Waals surface area contributed by atoms with E-state index in [1.165, 1.54) is 6.07 Å². The van der Waals surface area contributed by atoms with Crippen LogP contribution in [0.25, 0.3) is 11.0 Å². The number of anilines is 1. The fourth-order valence-electron chi connectivity index (χ4n) is 4.03. The minimum Gasteiger partial charge on any atom is -0.444 e. The third-order valence-electron chi connectivity index (χ3n) is 5.29. The average molecular weight is 425 g/mol. The van der Waals surface area contributed by atoms with Crippen LogP contribution in [0.2, 0.25) is 0 Å². The molecule has 0 bridgehead atoms. The van der Waals surface area contributed by atoms with E-state index in [2.05, 4.69) is 14.8 Å².